The van der Waals surface area contributed by atoms with Gasteiger partial charge in [0.1, 0.15) is 5.82 Å². The SMILES string of the molecule is C=CCN(CC=C)S(=O)(=O)c1cc(F)ccc1CO. The minimum atomic E-state index is -3.90. The van der Waals surface area contributed by atoms with Crippen molar-refractivity contribution < 1.29 is 17.9 Å². The van der Waals surface area contributed by atoms with Crippen LogP contribution in [0.25, 0.3) is 0 Å². The number of nitrogens with zero attached hydrogens (tertiary/aromatic N) is 1. The average Bonchev–Trinajstić information content (AvgIpc) is 2.38. The van der Waals surface area contributed by atoms with Gasteiger partial charge in [-0.1, -0.05) is 18.2 Å². The smallest absolute Gasteiger partial charge is 0.244 e. The summed E-state index contributed by atoms with van der Waals surface area (Å²) in [5.74, 6) is -0.673. The standard InChI is InChI=1S/C13H16FNO3S/c1-3-7-15(8-4-2)19(17,18)13-9-12(14)6-5-11(13)10-16/h3-6,9,16H,1-2,7-8,10H2. The number of benzene rings is 1. The van der Waals surface area contributed by atoms with Gasteiger partial charge in [0.05, 0.1) is 11.5 Å². The Morgan fingerprint density at radius 2 is 1.84 bits per heavy atom. The predicted octanol–water partition coefficient (Wildman–Crippen LogP) is 1.68. The molecule has 4 nitrogen and oxygen atoms in total. The maximum atomic E-state index is 13.2. The van der Waals surface area contributed by atoms with E-state index in [1.165, 1.54) is 18.2 Å². The number of rotatable bonds is 7. The Hall–Kier alpha value is -1.50. The molecule has 0 fully saturated rings. The first-order valence-corrected chi connectivity index (χ1v) is 7.02. The lowest BCUT2D eigenvalue weighted by atomic mass is 10.2. The Balaban J connectivity index is 3.34. The normalized spacial score (nSPS) is 11.5. The fourth-order valence-electron chi connectivity index (χ4n) is 1.60. The monoisotopic (exact) mass is 285 g/mol. The Morgan fingerprint density at radius 1 is 1.26 bits per heavy atom. The number of hydrogen-bond donors (Lipinski definition) is 1. The van der Waals surface area contributed by atoms with Gasteiger partial charge in [0.15, 0.2) is 0 Å². The molecule has 0 aliphatic carbocycles. The van der Waals surface area contributed by atoms with Gasteiger partial charge in [-0.25, -0.2) is 12.8 Å². The minimum Gasteiger partial charge on any atom is -0.392 e. The molecule has 0 spiro atoms. The van der Waals surface area contributed by atoms with E-state index in [0.717, 1.165) is 16.4 Å². The second kappa shape index (κ2) is 6.60. The molecule has 0 bridgehead atoms. The number of sulfonamides is 1. The Bertz CT molecular complexity index is 559. The first-order valence-electron chi connectivity index (χ1n) is 5.58. The molecule has 0 atom stereocenters. The lowest BCUT2D eigenvalue weighted by Gasteiger charge is -2.20. The van der Waals surface area contributed by atoms with Crippen LogP contribution in [0, 0.1) is 5.82 Å². The van der Waals surface area contributed by atoms with Crippen LogP contribution in [-0.2, 0) is 16.6 Å². The van der Waals surface area contributed by atoms with Crippen LogP contribution in [0.15, 0.2) is 48.4 Å². The van der Waals surface area contributed by atoms with Crippen LogP contribution in [0.4, 0.5) is 4.39 Å². The van der Waals surface area contributed by atoms with Crippen molar-refractivity contribution in [1.29, 1.82) is 0 Å². The van der Waals surface area contributed by atoms with Crippen LogP contribution in [0.1, 0.15) is 5.56 Å². The van der Waals surface area contributed by atoms with E-state index in [0.29, 0.717) is 0 Å². The molecule has 19 heavy (non-hydrogen) atoms. The quantitative estimate of drug-likeness (QED) is 0.775. The van der Waals surface area contributed by atoms with Crippen molar-refractivity contribution in [2.75, 3.05) is 13.1 Å². The van der Waals surface area contributed by atoms with Gasteiger partial charge < -0.3 is 5.11 Å². The van der Waals surface area contributed by atoms with E-state index in [1.807, 2.05) is 0 Å². The summed E-state index contributed by atoms with van der Waals surface area (Å²) in [4.78, 5) is -0.237. The van der Waals surface area contributed by atoms with Crippen LogP contribution in [0.2, 0.25) is 0 Å². The van der Waals surface area contributed by atoms with Crippen LogP contribution in [0.3, 0.4) is 0 Å². The van der Waals surface area contributed by atoms with Gasteiger partial charge >= 0.3 is 0 Å². The number of aliphatic hydroxyl groups is 1. The van der Waals surface area contributed by atoms with Crippen molar-refractivity contribution in [2.24, 2.45) is 0 Å². The molecule has 0 aromatic heterocycles. The van der Waals surface area contributed by atoms with Gasteiger partial charge in [-0.15, -0.1) is 13.2 Å². The summed E-state index contributed by atoms with van der Waals surface area (Å²) in [5.41, 5.74) is 0.152. The summed E-state index contributed by atoms with van der Waals surface area (Å²) in [6, 6.07) is 3.26. The zero-order valence-corrected chi connectivity index (χ0v) is 11.2. The third-order valence-electron chi connectivity index (χ3n) is 2.48. The third-order valence-corrected chi connectivity index (χ3v) is 4.40. The molecular weight excluding hydrogens is 269 g/mol. The molecule has 0 aliphatic rings. The highest BCUT2D eigenvalue weighted by molar-refractivity contribution is 7.89. The summed E-state index contributed by atoms with van der Waals surface area (Å²) < 4.78 is 39.1. The summed E-state index contributed by atoms with van der Waals surface area (Å²) in [6.45, 7) is 6.65. The topological polar surface area (TPSA) is 57.6 Å². The van der Waals surface area contributed by atoms with Crippen molar-refractivity contribution in [3.8, 4) is 0 Å². The third kappa shape index (κ3) is 3.50. The molecule has 0 saturated carbocycles. The molecular formula is C13H16FNO3S. The summed E-state index contributed by atoms with van der Waals surface area (Å²) >= 11 is 0. The van der Waals surface area contributed by atoms with Crippen molar-refractivity contribution >= 4 is 10.0 Å². The molecule has 0 saturated heterocycles. The van der Waals surface area contributed by atoms with Crippen molar-refractivity contribution in [1.82, 2.24) is 4.31 Å². The summed E-state index contributed by atoms with van der Waals surface area (Å²) in [5, 5.41) is 9.17. The summed E-state index contributed by atoms with van der Waals surface area (Å²) in [6.07, 6.45) is 2.86. The molecule has 104 valence electrons. The molecule has 1 rings (SSSR count). The molecule has 0 aliphatic heterocycles. The van der Waals surface area contributed by atoms with E-state index >= 15 is 0 Å². The first kappa shape index (κ1) is 15.6. The fourth-order valence-corrected chi connectivity index (χ4v) is 3.20. The lowest BCUT2D eigenvalue weighted by Crippen LogP contribution is -2.32. The number of aliphatic hydroxyl groups excluding tert-OH is 1. The van der Waals surface area contributed by atoms with Crippen LogP contribution >= 0.6 is 0 Å². The number of halogens is 1. The van der Waals surface area contributed by atoms with E-state index in [4.69, 9.17) is 5.11 Å². The van der Waals surface area contributed by atoms with Crippen LogP contribution in [0.5, 0.6) is 0 Å². The second-order valence-corrected chi connectivity index (χ2v) is 5.72. The van der Waals surface area contributed by atoms with Crippen molar-refractivity contribution in [2.45, 2.75) is 11.5 Å². The molecule has 0 unspecified atom stereocenters. The van der Waals surface area contributed by atoms with E-state index in [1.54, 1.807) is 0 Å². The Labute approximate surface area is 112 Å². The molecule has 6 heteroatoms. The predicted molar refractivity (Wildman–Crippen MR) is 71.5 cm³/mol. The van der Waals surface area contributed by atoms with E-state index in [-0.39, 0.29) is 23.5 Å². The molecule has 1 aromatic rings. The highest BCUT2D eigenvalue weighted by Gasteiger charge is 2.25. The van der Waals surface area contributed by atoms with Gasteiger partial charge in [-0.3, -0.25) is 0 Å². The van der Waals surface area contributed by atoms with Crippen LogP contribution in [-0.4, -0.2) is 30.9 Å². The van der Waals surface area contributed by atoms with Gasteiger partial charge in [0.25, 0.3) is 0 Å². The summed E-state index contributed by atoms with van der Waals surface area (Å²) in [7, 11) is -3.90. The number of hydrogen-bond acceptors (Lipinski definition) is 3. The van der Waals surface area contributed by atoms with Crippen molar-refractivity contribution in [3.05, 3.63) is 54.9 Å². The zero-order chi connectivity index (χ0) is 14.5. The molecule has 1 aromatic carbocycles. The van der Waals surface area contributed by atoms with Crippen LogP contribution < -0.4 is 0 Å². The first-order chi connectivity index (χ1) is 8.97. The maximum Gasteiger partial charge on any atom is 0.244 e. The van der Waals surface area contributed by atoms with E-state index in [9.17, 15) is 12.8 Å². The van der Waals surface area contributed by atoms with Crippen molar-refractivity contribution in [3.63, 3.8) is 0 Å². The molecule has 0 heterocycles. The van der Waals surface area contributed by atoms with E-state index in [2.05, 4.69) is 13.2 Å². The van der Waals surface area contributed by atoms with Gasteiger partial charge in [0.2, 0.25) is 10.0 Å². The maximum absolute atomic E-state index is 13.2. The molecule has 1 N–H and O–H groups in total. The highest BCUT2D eigenvalue weighted by atomic mass is 32.2. The highest BCUT2D eigenvalue weighted by Crippen LogP contribution is 2.21. The fraction of sp³-hybridized carbons (Fsp3) is 0.231. The average molecular weight is 285 g/mol. The van der Waals surface area contributed by atoms with Gasteiger partial charge in [-0.2, -0.15) is 4.31 Å². The Kier molecular flexibility index (Phi) is 5.41. The Morgan fingerprint density at radius 3 is 2.32 bits per heavy atom. The lowest BCUT2D eigenvalue weighted by molar-refractivity contribution is 0.278. The second-order valence-electron chi connectivity index (χ2n) is 3.81. The molecule has 0 radical (unpaired) electrons. The largest absolute Gasteiger partial charge is 0.392 e. The van der Waals surface area contributed by atoms with Gasteiger partial charge in [-0.05, 0) is 17.7 Å². The van der Waals surface area contributed by atoms with E-state index < -0.39 is 22.4 Å². The minimum absolute atomic E-state index is 0.0791. The molecule has 0 amide bonds. The zero-order valence-electron chi connectivity index (χ0n) is 10.4. The van der Waals surface area contributed by atoms with Gasteiger partial charge in [0, 0.05) is 13.1 Å².